The molecule has 4 rings (SSSR count). The average Bonchev–Trinajstić information content (AvgIpc) is 3.01. The normalized spacial score (nSPS) is 15.5. The molecular weight excluding hydrogens is 439 g/mol. The molecule has 2 aromatic heterocycles. The van der Waals surface area contributed by atoms with Gasteiger partial charge >= 0.3 is 6.03 Å². The van der Waals surface area contributed by atoms with Crippen LogP contribution in [-0.4, -0.2) is 27.4 Å². The minimum absolute atomic E-state index is 0.166. The summed E-state index contributed by atoms with van der Waals surface area (Å²) >= 11 is 12.5. The third-order valence-electron chi connectivity index (χ3n) is 4.95. The molecule has 156 valence electrons. The quantitative estimate of drug-likeness (QED) is 0.467. The molecule has 1 aromatic carbocycles. The van der Waals surface area contributed by atoms with Gasteiger partial charge in [0, 0.05) is 17.6 Å². The third-order valence-corrected chi connectivity index (χ3v) is 5.76. The van der Waals surface area contributed by atoms with Crippen LogP contribution in [0.3, 0.4) is 0 Å². The van der Waals surface area contributed by atoms with Crippen LogP contribution in [0.4, 0.5) is 10.5 Å². The Labute approximate surface area is 187 Å². The number of benzene rings is 1. The van der Waals surface area contributed by atoms with E-state index in [9.17, 15) is 14.4 Å². The van der Waals surface area contributed by atoms with Crippen LogP contribution >= 0.6 is 23.2 Å². The molecule has 3 heterocycles. The van der Waals surface area contributed by atoms with Gasteiger partial charge < -0.3 is 4.57 Å². The second-order valence-corrected chi connectivity index (χ2v) is 7.69. The van der Waals surface area contributed by atoms with Gasteiger partial charge in [-0.3, -0.25) is 19.9 Å². The Bertz CT molecular complexity index is 1270. The van der Waals surface area contributed by atoms with E-state index in [1.54, 1.807) is 24.3 Å². The number of aromatic nitrogens is 2. The highest BCUT2D eigenvalue weighted by molar-refractivity contribution is 6.43. The van der Waals surface area contributed by atoms with Crippen molar-refractivity contribution < 1.29 is 14.4 Å². The Balaban J connectivity index is 1.79. The predicted octanol–water partition coefficient (Wildman–Crippen LogP) is 4.46. The van der Waals surface area contributed by atoms with Crippen LogP contribution in [0.5, 0.6) is 0 Å². The van der Waals surface area contributed by atoms with E-state index in [-0.39, 0.29) is 11.3 Å². The SMILES string of the molecule is Cc1cc(/C=C2\C(=O)NC(=O)N(c3cccnc3)C2=O)c(C)n1-c1cccc(Cl)c1Cl. The van der Waals surface area contributed by atoms with Crippen molar-refractivity contribution in [2.75, 3.05) is 4.90 Å². The zero-order chi connectivity index (χ0) is 22.3. The Morgan fingerprint density at radius 1 is 1.06 bits per heavy atom. The van der Waals surface area contributed by atoms with Gasteiger partial charge in [0.25, 0.3) is 11.8 Å². The highest BCUT2D eigenvalue weighted by Gasteiger charge is 2.37. The Morgan fingerprint density at radius 3 is 2.55 bits per heavy atom. The van der Waals surface area contributed by atoms with Crippen molar-refractivity contribution in [3.8, 4) is 5.69 Å². The Kier molecular flexibility index (Phi) is 5.39. The monoisotopic (exact) mass is 454 g/mol. The molecule has 9 heteroatoms. The number of carbonyl (C=O) groups excluding carboxylic acids is 3. The molecule has 0 saturated carbocycles. The van der Waals surface area contributed by atoms with Gasteiger partial charge in [-0.1, -0.05) is 29.3 Å². The molecule has 4 amide bonds. The van der Waals surface area contributed by atoms with Gasteiger partial charge in [-0.2, -0.15) is 0 Å². The molecule has 0 aliphatic carbocycles. The second kappa shape index (κ2) is 8.02. The number of urea groups is 1. The number of carbonyl (C=O) groups is 3. The molecule has 3 aromatic rings. The zero-order valence-corrected chi connectivity index (χ0v) is 18.0. The van der Waals surface area contributed by atoms with Crippen molar-refractivity contribution in [3.63, 3.8) is 0 Å². The number of amides is 4. The van der Waals surface area contributed by atoms with Crippen molar-refractivity contribution in [1.29, 1.82) is 0 Å². The first kappa shape index (κ1) is 20.8. The maximum absolute atomic E-state index is 13.0. The van der Waals surface area contributed by atoms with E-state index in [0.717, 1.165) is 16.3 Å². The summed E-state index contributed by atoms with van der Waals surface area (Å²) < 4.78 is 1.88. The molecule has 0 bridgehead atoms. The average molecular weight is 455 g/mol. The van der Waals surface area contributed by atoms with Crippen LogP contribution in [-0.2, 0) is 9.59 Å². The molecule has 0 atom stereocenters. The maximum Gasteiger partial charge on any atom is 0.336 e. The summed E-state index contributed by atoms with van der Waals surface area (Å²) in [7, 11) is 0. The second-order valence-electron chi connectivity index (χ2n) is 6.90. The lowest BCUT2D eigenvalue weighted by Gasteiger charge is -2.26. The molecule has 1 saturated heterocycles. The van der Waals surface area contributed by atoms with Crippen molar-refractivity contribution in [2.45, 2.75) is 13.8 Å². The van der Waals surface area contributed by atoms with E-state index in [1.165, 1.54) is 18.5 Å². The van der Waals surface area contributed by atoms with Crippen LogP contribution < -0.4 is 10.2 Å². The first-order valence-corrected chi connectivity index (χ1v) is 10.00. The van der Waals surface area contributed by atoms with Gasteiger partial charge in [-0.05, 0) is 55.8 Å². The first-order chi connectivity index (χ1) is 14.8. The van der Waals surface area contributed by atoms with E-state index in [0.29, 0.717) is 21.3 Å². The number of imide groups is 2. The minimum Gasteiger partial charge on any atom is -0.316 e. The lowest BCUT2D eigenvalue weighted by Crippen LogP contribution is -2.54. The molecule has 31 heavy (non-hydrogen) atoms. The summed E-state index contributed by atoms with van der Waals surface area (Å²) in [5.74, 6) is -1.49. The lowest BCUT2D eigenvalue weighted by atomic mass is 10.1. The maximum atomic E-state index is 13.0. The number of barbiturate groups is 1. The topological polar surface area (TPSA) is 84.3 Å². The highest BCUT2D eigenvalue weighted by Crippen LogP contribution is 2.32. The predicted molar refractivity (Wildman–Crippen MR) is 119 cm³/mol. The number of nitrogens with one attached hydrogen (secondary N) is 1. The highest BCUT2D eigenvalue weighted by atomic mass is 35.5. The van der Waals surface area contributed by atoms with Gasteiger partial charge in [0.15, 0.2) is 0 Å². The minimum atomic E-state index is -0.823. The summed E-state index contributed by atoms with van der Waals surface area (Å²) in [6.07, 6.45) is 4.36. The molecule has 0 unspecified atom stereocenters. The number of nitrogens with zero attached hydrogens (tertiary/aromatic N) is 3. The number of hydrogen-bond donors (Lipinski definition) is 1. The van der Waals surface area contributed by atoms with Gasteiger partial charge in [0.05, 0.1) is 27.6 Å². The van der Waals surface area contributed by atoms with Crippen LogP contribution in [0, 0.1) is 13.8 Å². The summed E-state index contributed by atoms with van der Waals surface area (Å²) in [5, 5.41) is 3.01. The van der Waals surface area contributed by atoms with Gasteiger partial charge in [0.1, 0.15) is 5.57 Å². The van der Waals surface area contributed by atoms with Gasteiger partial charge in [-0.15, -0.1) is 0 Å². The molecule has 1 fully saturated rings. The molecule has 1 aliphatic rings. The van der Waals surface area contributed by atoms with Crippen LogP contribution in [0.2, 0.25) is 10.0 Å². The van der Waals surface area contributed by atoms with Crippen LogP contribution in [0.25, 0.3) is 11.8 Å². The van der Waals surface area contributed by atoms with E-state index < -0.39 is 17.8 Å². The molecule has 0 radical (unpaired) electrons. The number of aryl methyl sites for hydroxylation is 1. The van der Waals surface area contributed by atoms with Crippen molar-refractivity contribution in [3.05, 3.63) is 81.4 Å². The standard InChI is InChI=1S/C22H16Cl2N4O3/c1-12-9-14(13(2)27(12)18-7-3-6-17(23)19(18)24)10-16-20(29)26-22(31)28(21(16)30)15-5-4-8-25-11-15/h3-11H,1-2H3,(H,26,29,31)/b16-10+. The Morgan fingerprint density at radius 2 is 1.84 bits per heavy atom. The lowest BCUT2D eigenvalue weighted by molar-refractivity contribution is -0.122. The van der Waals surface area contributed by atoms with E-state index in [2.05, 4.69) is 10.3 Å². The van der Waals surface area contributed by atoms with Gasteiger partial charge in [-0.25, -0.2) is 9.69 Å². The van der Waals surface area contributed by atoms with Crippen LogP contribution in [0.1, 0.15) is 17.0 Å². The summed E-state index contributed by atoms with van der Waals surface area (Å²) in [6.45, 7) is 3.71. The van der Waals surface area contributed by atoms with E-state index in [1.807, 2.05) is 30.5 Å². The third kappa shape index (κ3) is 3.62. The van der Waals surface area contributed by atoms with Gasteiger partial charge in [0.2, 0.25) is 0 Å². The largest absolute Gasteiger partial charge is 0.336 e. The fraction of sp³-hybridized carbons (Fsp3) is 0.0909. The molecule has 1 aliphatic heterocycles. The first-order valence-electron chi connectivity index (χ1n) is 9.24. The summed E-state index contributed by atoms with van der Waals surface area (Å²) in [5.41, 5.74) is 2.99. The van der Waals surface area contributed by atoms with Crippen LogP contribution in [0.15, 0.2) is 54.4 Å². The van der Waals surface area contributed by atoms with E-state index in [4.69, 9.17) is 23.2 Å². The molecular formula is C22H16Cl2N4O3. The fourth-order valence-electron chi connectivity index (χ4n) is 3.50. The number of anilines is 1. The van der Waals surface area contributed by atoms with Crippen molar-refractivity contribution in [2.24, 2.45) is 0 Å². The zero-order valence-electron chi connectivity index (χ0n) is 16.5. The number of hydrogen-bond acceptors (Lipinski definition) is 4. The Hall–Kier alpha value is -3.42. The number of pyridine rings is 1. The summed E-state index contributed by atoms with van der Waals surface area (Å²) in [4.78, 5) is 42.6. The van der Waals surface area contributed by atoms with Crippen molar-refractivity contribution >= 4 is 52.8 Å². The molecule has 7 nitrogen and oxygen atoms in total. The fourth-order valence-corrected chi connectivity index (χ4v) is 3.88. The molecule has 1 N–H and O–H groups in total. The smallest absolute Gasteiger partial charge is 0.316 e. The summed E-state index contributed by atoms with van der Waals surface area (Å²) in [6, 6.07) is 9.46. The van der Waals surface area contributed by atoms with Crippen molar-refractivity contribution in [1.82, 2.24) is 14.9 Å². The number of rotatable bonds is 3. The number of halogens is 2. The molecule has 0 spiro atoms. The van der Waals surface area contributed by atoms with E-state index >= 15 is 0 Å².